The maximum Gasteiger partial charge on any atom is 0.311 e. The first-order valence-corrected chi connectivity index (χ1v) is 9.82. The van der Waals surface area contributed by atoms with Gasteiger partial charge in [-0.05, 0) is 57.5 Å². The van der Waals surface area contributed by atoms with Gasteiger partial charge in [0.2, 0.25) is 10.0 Å². The smallest absolute Gasteiger partial charge is 0.311 e. The highest BCUT2D eigenvalue weighted by Gasteiger charge is 2.53. The third-order valence-electron chi connectivity index (χ3n) is 5.68. The number of nitrogens with zero attached hydrogens (tertiary/aromatic N) is 2. The van der Waals surface area contributed by atoms with E-state index < -0.39 is 27.2 Å². The van der Waals surface area contributed by atoms with Crippen LogP contribution in [0.4, 0.5) is 4.39 Å². The van der Waals surface area contributed by atoms with E-state index in [0.29, 0.717) is 12.0 Å². The highest BCUT2D eigenvalue weighted by atomic mass is 32.2. The number of carboxylic acid groups (broad SMARTS) is 1. The molecule has 1 N–H and O–H groups in total. The lowest BCUT2D eigenvalue weighted by molar-refractivity contribution is -0.160. The number of piperidine rings is 2. The molecule has 2 fully saturated rings. The Bertz CT molecular complexity index is 798. The van der Waals surface area contributed by atoms with E-state index in [2.05, 4.69) is 0 Å². The van der Waals surface area contributed by atoms with Gasteiger partial charge >= 0.3 is 5.97 Å². The largest absolute Gasteiger partial charge is 0.481 e. The molecule has 2 atom stereocenters. The number of halogens is 1. The summed E-state index contributed by atoms with van der Waals surface area (Å²) in [5.74, 6) is -1.46. The van der Waals surface area contributed by atoms with Crippen molar-refractivity contribution in [2.75, 3.05) is 26.7 Å². The molecule has 2 saturated heterocycles. The summed E-state index contributed by atoms with van der Waals surface area (Å²) < 4.78 is 40.9. The summed E-state index contributed by atoms with van der Waals surface area (Å²) in [6, 6.07) is 3.33. The van der Waals surface area contributed by atoms with Crippen LogP contribution >= 0.6 is 0 Å². The van der Waals surface area contributed by atoms with E-state index in [1.165, 1.54) is 16.4 Å². The van der Waals surface area contributed by atoms with Gasteiger partial charge in [-0.1, -0.05) is 6.07 Å². The van der Waals surface area contributed by atoms with E-state index >= 15 is 0 Å². The number of carbonyl (C=O) groups is 1. The van der Waals surface area contributed by atoms with Crippen LogP contribution in [0.2, 0.25) is 0 Å². The molecule has 1 aromatic carbocycles. The number of aryl methyl sites for hydroxylation is 1. The second kappa shape index (κ2) is 6.34. The molecule has 25 heavy (non-hydrogen) atoms. The zero-order valence-corrected chi connectivity index (χ0v) is 15.2. The number of benzene rings is 1. The number of rotatable bonds is 3. The summed E-state index contributed by atoms with van der Waals surface area (Å²) in [6.07, 6.45) is 1.62. The van der Waals surface area contributed by atoms with Gasteiger partial charge in [0.05, 0.1) is 10.3 Å². The summed E-state index contributed by atoms with van der Waals surface area (Å²) >= 11 is 0. The molecule has 0 spiro atoms. The molecule has 0 radical (unpaired) electrons. The van der Waals surface area contributed by atoms with E-state index in [1.807, 2.05) is 11.9 Å². The average Bonchev–Trinajstić information content (AvgIpc) is 2.56. The fourth-order valence-electron chi connectivity index (χ4n) is 4.17. The highest BCUT2D eigenvalue weighted by Crippen LogP contribution is 2.43. The molecule has 0 aromatic heterocycles. The Morgan fingerprint density at radius 1 is 1.32 bits per heavy atom. The van der Waals surface area contributed by atoms with E-state index in [-0.39, 0.29) is 30.4 Å². The van der Waals surface area contributed by atoms with Crippen molar-refractivity contribution in [1.82, 2.24) is 9.21 Å². The number of hydrogen-bond donors (Lipinski definition) is 1. The van der Waals surface area contributed by atoms with Crippen LogP contribution in [-0.2, 0) is 14.8 Å². The third kappa shape index (κ3) is 2.96. The minimum Gasteiger partial charge on any atom is -0.481 e. The van der Waals surface area contributed by atoms with Crippen LogP contribution in [-0.4, -0.2) is 61.4 Å². The zero-order chi connectivity index (χ0) is 18.4. The molecule has 0 bridgehead atoms. The molecule has 0 unspecified atom stereocenters. The van der Waals surface area contributed by atoms with Crippen molar-refractivity contribution < 1.29 is 22.7 Å². The van der Waals surface area contributed by atoms with Crippen LogP contribution < -0.4 is 0 Å². The van der Waals surface area contributed by atoms with Crippen LogP contribution in [0.5, 0.6) is 0 Å². The van der Waals surface area contributed by atoms with Gasteiger partial charge in [-0.25, -0.2) is 12.8 Å². The fraction of sp³-hybridized carbons (Fsp3) is 0.588. The predicted octanol–water partition coefficient (Wildman–Crippen LogP) is 1.69. The number of likely N-dealkylation sites (tertiary alicyclic amines) is 1. The van der Waals surface area contributed by atoms with Crippen molar-refractivity contribution >= 4 is 16.0 Å². The summed E-state index contributed by atoms with van der Waals surface area (Å²) in [4.78, 5) is 13.8. The number of carboxylic acids is 1. The molecule has 0 saturated carbocycles. The number of aliphatic carboxylic acids is 1. The monoisotopic (exact) mass is 370 g/mol. The minimum atomic E-state index is -3.87. The number of fused-ring (bicyclic) bond motifs is 1. The molecular formula is C17H23FN2O4S. The molecule has 0 amide bonds. The molecule has 3 rings (SSSR count). The van der Waals surface area contributed by atoms with Crippen LogP contribution in [0.15, 0.2) is 23.1 Å². The van der Waals surface area contributed by atoms with Crippen LogP contribution in [0, 0.1) is 18.2 Å². The van der Waals surface area contributed by atoms with E-state index in [4.69, 9.17) is 0 Å². The quantitative estimate of drug-likeness (QED) is 0.876. The Balaban J connectivity index is 1.95. The van der Waals surface area contributed by atoms with E-state index in [0.717, 1.165) is 19.0 Å². The van der Waals surface area contributed by atoms with Crippen molar-refractivity contribution in [3.05, 3.63) is 29.6 Å². The van der Waals surface area contributed by atoms with Crippen LogP contribution in [0.1, 0.15) is 24.8 Å². The Labute approximate surface area is 147 Å². The second-order valence-electron chi connectivity index (χ2n) is 7.08. The van der Waals surface area contributed by atoms with Gasteiger partial charge in [0.15, 0.2) is 0 Å². The highest BCUT2D eigenvalue weighted by molar-refractivity contribution is 7.89. The van der Waals surface area contributed by atoms with E-state index in [1.54, 1.807) is 6.92 Å². The van der Waals surface area contributed by atoms with Gasteiger partial charge in [0.25, 0.3) is 0 Å². The lowest BCUT2D eigenvalue weighted by Crippen LogP contribution is -2.63. The molecule has 2 aliphatic heterocycles. The first-order valence-electron chi connectivity index (χ1n) is 8.38. The van der Waals surface area contributed by atoms with Crippen molar-refractivity contribution in [2.24, 2.45) is 5.41 Å². The fourth-order valence-corrected chi connectivity index (χ4v) is 5.85. The molecular weight excluding hydrogens is 347 g/mol. The van der Waals surface area contributed by atoms with Crippen molar-refractivity contribution in [1.29, 1.82) is 0 Å². The summed E-state index contributed by atoms with van der Waals surface area (Å²) in [5, 5.41) is 9.78. The molecule has 2 aliphatic rings. The topological polar surface area (TPSA) is 77.9 Å². The molecule has 0 aliphatic carbocycles. The van der Waals surface area contributed by atoms with Gasteiger partial charge < -0.3 is 10.0 Å². The second-order valence-corrected chi connectivity index (χ2v) is 8.99. The molecule has 6 nitrogen and oxygen atoms in total. The Morgan fingerprint density at radius 2 is 2.04 bits per heavy atom. The van der Waals surface area contributed by atoms with Crippen LogP contribution in [0.3, 0.4) is 0 Å². The number of likely N-dealkylation sites (N-methyl/N-ethyl adjacent to an activating group) is 1. The van der Waals surface area contributed by atoms with Gasteiger partial charge in [-0.15, -0.1) is 0 Å². The number of hydrogen-bond acceptors (Lipinski definition) is 4. The SMILES string of the molecule is Cc1ccc(F)cc1S(=O)(=O)N1CC[C@@]2(C(=O)O)CCCN(C)[C@@H]2C1. The van der Waals surface area contributed by atoms with Gasteiger partial charge in [0, 0.05) is 19.1 Å². The van der Waals surface area contributed by atoms with Gasteiger partial charge in [0.1, 0.15) is 5.82 Å². The van der Waals surface area contributed by atoms with Gasteiger partial charge in [-0.2, -0.15) is 4.31 Å². The third-order valence-corrected chi connectivity index (χ3v) is 7.69. The summed E-state index contributed by atoms with van der Waals surface area (Å²) in [7, 11) is -2.03. The maximum absolute atomic E-state index is 13.6. The summed E-state index contributed by atoms with van der Waals surface area (Å²) in [5.41, 5.74) is -0.427. The lowest BCUT2D eigenvalue weighted by atomic mass is 9.69. The minimum absolute atomic E-state index is 0.0474. The average molecular weight is 370 g/mol. The zero-order valence-electron chi connectivity index (χ0n) is 14.4. The van der Waals surface area contributed by atoms with Crippen molar-refractivity contribution in [3.8, 4) is 0 Å². The predicted molar refractivity (Wildman–Crippen MR) is 90.2 cm³/mol. The normalized spacial score (nSPS) is 28.5. The number of sulfonamides is 1. The Morgan fingerprint density at radius 3 is 2.72 bits per heavy atom. The van der Waals surface area contributed by atoms with E-state index in [9.17, 15) is 22.7 Å². The molecule has 8 heteroatoms. The lowest BCUT2D eigenvalue weighted by Gasteiger charge is -2.51. The standard InChI is InChI=1S/C17H23FN2O4S/c1-12-4-5-13(18)10-14(12)25(23,24)20-9-7-17(16(21)22)6-3-8-19(2)15(17)11-20/h4-5,10,15H,3,6-9,11H2,1-2H3,(H,21,22)/t15-,17+/m1/s1. The van der Waals surface area contributed by atoms with Gasteiger partial charge in [-0.3, -0.25) is 4.79 Å². The Kier molecular flexibility index (Phi) is 4.63. The molecule has 138 valence electrons. The Hall–Kier alpha value is -1.51. The van der Waals surface area contributed by atoms with Crippen molar-refractivity contribution in [3.63, 3.8) is 0 Å². The van der Waals surface area contributed by atoms with Crippen molar-refractivity contribution in [2.45, 2.75) is 37.1 Å². The summed E-state index contributed by atoms with van der Waals surface area (Å²) in [6.45, 7) is 2.62. The molecule has 2 heterocycles. The first kappa shape index (κ1) is 18.3. The maximum atomic E-state index is 13.6. The van der Waals surface area contributed by atoms with Crippen LogP contribution in [0.25, 0.3) is 0 Å². The first-order chi connectivity index (χ1) is 11.7. The molecule has 1 aromatic rings.